The number of nitrogens with one attached hydrogen (secondary N) is 1. The van der Waals surface area contributed by atoms with Crippen molar-refractivity contribution in [3.05, 3.63) is 18.2 Å². The second-order valence-corrected chi connectivity index (χ2v) is 8.51. The molecular formula is C17H29N3. The molecule has 3 heteroatoms. The van der Waals surface area contributed by atoms with Gasteiger partial charge >= 0.3 is 0 Å². The minimum Gasteiger partial charge on any atom is -0.330 e. The summed E-state index contributed by atoms with van der Waals surface area (Å²) in [5.41, 5.74) is 2.21. The van der Waals surface area contributed by atoms with Crippen LogP contribution >= 0.6 is 0 Å². The molecule has 1 aromatic heterocycles. The average molecular weight is 275 g/mol. The molecule has 2 fully saturated rings. The Bertz CT molecular complexity index is 452. The molecule has 3 nitrogen and oxygen atoms in total. The van der Waals surface area contributed by atoms with E-state index in [2.05, 4.69) is 42.6 Å². The van der Waals surface area contributed by atoms with Crippen molar-refractivity contribution in [2.45, 2.75) is 78.4 Å². The van der Waals surface area contributed by atoms with Crippen molar-refractivity contribution in [3.63, 3.8) is 0 Å². The number of rotatable bonds is 4. The molecule has 0 spiro atoms. The molecule has 1 aromatic rings. The maximum absolute atomic E-state index is 4.41. The summed E-state index contributed by atoms with van der Waals surface area (Å²) in [5.74, 6) is 0. The predicted molar refractivity (Wildman–Crippen MR) is 82.5 cm³/mol. The van der Waals surface area contributed by atoms with Crippen molar-refractivity contribution in [1.29, 1.82) is 0 Å². The van der Waals surface area contributed by atoms with Crippen LogP contribution < -0.4 is 5.32 Å². The van der Waals surface area contributed by atoms with Gasteiger partial charge in [0.25, 0.3) is 0 Å². The van der Waals surface area contributed by atoms with Crippen LogP contribution in [0.25, 0.3) is 0 Å². The first-order valence-corrected chi connectivity index (χ1v) is 8.09. The van der Waals surface area contributed by atoms with Gasteiger partial charge in [-0.3, -0.25) is 0 Å². The molecule has 1 heterocycles. The van der Waals surface area contributed by atoms with Gasteiger partial charge in [0.2, 0.25) is 0 Å². The zero-order chi connectivity index (χ0) is 14.4. The summed E-state index contributed by atoms with van der Waals surface area (Å²) in [5, 5.41) is 3.62. The lowest BCUT2D eigenvalue weighted by molar-refractivity contribution is 0.0711. The Labute approximate surface area is 123 Å². The number of hydrogen-bond donors (Lipinski definition) is 1. The van der Waals surface area contributed by atoms with E-state index < -0.39 is 0 Å². The van der Waals surface area contributed by atoms with E-state index in [0.717, 1.165) is 12.6 Å². The van der Waals surface area contributed by atoms with Crippen molar-refractivity contribution in [1.82, 2.24) is 14.9 Å². The molecule has 20 heavy (non-hydrogen) atoms. The second kappa shape index (κ2) is 4.87. The van der Waals surface area contributed by atoms with Crippen LogP contribution in [-0.4, -0.2) is 15.6 Å². The minimum absolute atomic E-state index is 0.428. The first-order chi connectivity index (χ1) is 9.35. The first kappa shape index (κ1) is 14.1. The third kappa shape index (κ3) is 3.25. The lowest BCUT2D eigenvalue weighted by atomic mass is 9.63. The minimum atomic E-state index is 0.428. The maximum atomic E-state index is 4.41. The quantitative estimate of drug-likeness (QED) is 0.903. The van der Waals surface area contributed by atoms with Crippen molar-refractivity contribution < 1.29 is 0 Å². The first-order valence-electron chi connectivity index (χ1n) is 8.09. The topological polar surface area (TPSA) is 29.9 Å². The Morgan fingerprint density at radius 3 is 2.45 bits per heavy atom. The Balaban J connectivity index is 1.75. The predicted octanol–water partition coefficient (Wildman–Crippen LogP) is 3.91. The highest BCUT2D eigenvalue weighted by Crippen LogP contribution is 2.50. The van der Waals surface area contributed by atoms with Crippen LogP contribution in [0.15, 0.2) is 12.5 Å². The largest absolute Gasteiger partial charge is 0.330 e. The van der Waals surface area contributed by atoms with Gasteiger partial charge in [-0.1, -0.05) is 27.7 Å². The normalized spacial score (nSPS) is 25.8. The summed E-state index contributed by atoms with van der Waals surface area (Å²) >= 11 is 0. The lowest BCUT2D eigenvalue weighted by Crippen LogP contribution is -2.35. The molecular weight excluding hydrogens is 246 g/mol. The molecule has 0 bridgehead atoms. The third-order valence-electron chi connectivity index (χ3n) is 4.82. The van der Waals surface area contributed by atoms with Crippen LogP contribution in [0.3, 0.4) is 0 Å². The molecule has 2 aliphatic rings. The highest BCUT2D eigenvalue weighted by atomic mass is 15.1. The van der Waals surface area contributed by atoms with Crippen LogP contribution in [0.4, 0.5) is 0 Å². The molecule has 0 atom stereocenters. The Hall–Kier alpha value is -0.830. The van der Waals surface area contributed by atoms with E-state index in [1.807, 2.05) is 12.5 Å². The van der Waals surface area contributed by atoms with E-state index in [-0.39, 0.29) is 0 Å². The van der Waals surface area contributed by atoms with Crippen molar-refractivity contribution in [2.75, 3.05) is 0 Å². The Kier molecular flexibility index (Phi) is 3.44. The van der Waals surface area contributed by atoms with Gasteiger partial charge in [-0.05, 0) is 42.9 Å². The second-order valence-electron chi connectivity index (χ2n) is 8.51. The monoisotopic (exact) mass is 275 g/mol. The van der Waals surface area contributed by atoms with E-state index >= 15 is 0 Å². The summed E-state index contributed by atoms with van der Waals surface area (Å²) in [6.07, 6.45) is 10.6. The van der Waals surface area contributed by atoms with Crippen LogP contribution in [0.2, 0.25) is 0 Å². The highest BCUT2D eigenvalue weighted by Gasteiger charge is 2.39. The van der Waals surface area contributed by atoms with Gasteiger partial charge in [-0.25, -0.2) is 4.98 Å². The summed E-state index contributed by atoms with van der Waals surface area (Å²) in [4.78, 5) is 4.41. The van der Waals surface area contributed by atoms with Gasteiger partial charge < -0.3 is 9.88 Å². The molecule has 1 N–H and O–H groups in total. The smallest absolute Gasteiger partial charge is 0.0951 e. The fraction of sp³-hybridized carbons (Fsp3) is 0.824. The molecule has 0 radical (unpaired) electrons. The van der Waals surface area contributed by atoms with E-state index in [9.17, 15) is 0 Å². The van der Waals surface area contributed by atoms with Gasteiger partial charge in [-0.2, -0.15) is 0 Å². The molecule has 112 valence electrons. The van der Waals surface area contributed by atoms with Crippen LogP contribution in [0, 0.1) is 10.8 Å². The van der Waals surface area contributed by atoms with E-state index in [4.69, 9.17) is 0 Å². The zero-order valence-corrected chi connectivity index (χ0v) is 13.4. The van der Waals surface area contributed by atoms with E-state index in [1.54, 1.807) is 0 Å². The maximum Gasteiger partial charge on any atom is 0.0951 e. The summed E-state index contributed by atoms with van der Waals surface area (Å²) < 4.78 is 2.44. The van der Waals surface area contributed by atoms with Crippen molar-refractivity contribution >= 4 is 0 Å². The molecule has 0 aliphatic heterocycles. The van der Waals surface area contributed by atoms with Crippen LogP contribution in [-0.2, 0) is 6.54 Å². The standard InChI is InChI=1S/C17H29N3/c1-16(2)7-14(8-17(3,4)11-16)20-12-18-9-15(20)10-19-13-5-6-13/h9,12-14,19H,5-8,10-11H2,1-4H3. The number of nitrogens with zero attached hydrogens (tertiary/aromatic N) is 2. The summed E-state index contributed by atoms with van der Waals surface area (Å²) in [6.45, 7) is 10.6. The van der Waals surface area contributed by atoms with E-state index in [0.29, 0.717) is 16.9 Å². The molecule has 0 amide bonds. The van der Waals surface area contributed by atoms with Crippen molar-refractivity contribution in [3.8, 4) is 0 Å². The fourth-order valence-electron chi connectivity index (χ4n) is 4.32. The van der Waals surface area contributed by atoms with E-state index in [1.165, 1.54) is 37.8 Å². The highest BCUT2D eigenvalue weighted by molar-refractivity contribution is 5.04. The molecule has 0 unspecified atom stereocenters. The summed E-state index contributed by atoms with van der Waals surface area (Å²) in [7, 11) is 0. The zero-order valence-electron chi connectivity index (χ0n) is 13.4. The molecule has 0 saturated heterocycles. The number of imidazole rings is 1. The van der Waals surface area contributed by atoms with Gasteiger partial charge in [0.1, 0.15) is 0 Å². The third-order valence-corrected chi connectivity index (χ3v) is 4.82. The molecule has 0 aromatic carbocycles. The number of aromatic nitrogens is 2. The summed E-state index contributed by atoms with van der Waals surface area (Å²) in [6, 6.07) is 1.37. The SMILES string of the molecule is CC1(C)CC(n2cncc2CNC2CC2)CC(C)(C)C1. The number of hydrogen-bond acceptors (Lipinski definition) is 2. The Morgan fingerprint density at radius 1 is 1.20 bits per heavy atom. The average Bonchev–Trinajstić information content (AvgIpc) is 2.99. The van der Waals surface area contributed by atoms with Gasteiger partial charge in [0.05, 0.1) is 12.0 Å². The molecule has 3 rings (SSSR count). The fourth-order valence-corrected chi connectivity index (χ4v) is 4.32. The lowest BCUT2D eigenvalue weighted by Gasteiger charge is -2.45. The van der Waals surface area contributed by atoms with Gasteiger partial charge in [-0.15, -0.1) is 0 Å². The van der Waals surface area contributed by atoms with Crippen LogP contribution in [0.5, 0.6) is 0 Å². The molecule has 2 aliphatic carbocycles. The van der Waals surface area contributed by atoms with Gasteiger partial charge in [0.15, 0.2) is 0 Å². The Morgan fingerprint density at radius 2 is 1.85 bits per heavy atom. The van der Waals surface area contributed by atoms with Crippen molar-refractivity contribution in [2.24, 2.45) is 10.8 Å². The van der Waals surface area contributed by atoms with Gasteiger partial charge in [0, 0.05) is 24.8 Å². The van der Waals surface area contributed by atoms with Crippen LogP contribution in [0.1, 0.15) is 71.5 Å². The molecule has 2 saturated carbocycles.